The fourth-order valence-electron chi connectivity index (χ4n) is 2.63. The SMILES string of the molecule is Cc1nc(Cl)c(NC2CCCC(C)C2C)nc1C. The molecule has 1 aliphatic carbocycles. The molecule has 0 aliphatic heterocycles. The van der Waals surface area contributed by atoms with E-state index < -0.39 is 0 Å². The predicted octanol–water partition coefficient (Wildman–Crippen LogP) is 3.98. The average molecular weight is 268 g/mol. The molecule has 3 nitrogen and oxygen atoms in total. The van der Waals surface area contributed by atoms with Gasteiger partial charge in [0.05, 0.1) is 11.4 Å². The maximum Gasteiger partial charge on any atom is 0.171 e. The van der Waals surface area contributed by atoms with Crippen molar-refractivity contribution in [3.8, 4) is 0 Å². The van der Waals surface area contributed by atoms with Gasteiger partial charge in [0, 0.05) is 6.04 Å². The summed E-state index contributed by atoms with van der Waals surface area (Å²) >= 11 is 6.17. The highest BCUT2D eigenvalue weighted by molar-refractivity contribution is 6.31. The third kappa shape index (κ3) is 2.77. The Balaban J connectivity index is 2.16. The van der Waals surface area contributed by atoms with Gasteiger partial charge >= 0.3 is 0 Å². The number of nitrogens with one attached hydrogen (secondary N) is 1. The molecule has 1 aliphatic rings. The first-order valence-corrected chi connectivity index (χ1v) is 7.14. The molecule has 0 bridgehead atoms. The molecule has 3 unspecified atom stereocenters. The van der Waals surface area contributed by atoms with Gasteiger partial charge in [0.15, 0.2) is 11.0 Å². The fourth-order valence-corrected chi connectivity index (χ4v) is 2.85. The lowest BCUT2D eigenvalue weighted by molar-refractivity contribution is 0.253. The lowest BCUT2D eigenvalue weighted by Gasteiger charge is -2.35. The summed E-state index contributed by atoms with van der Waals surface area (Å²) in [5.41, 5.74) is 1.84. The van der Waals surface area contributed by atoms with E-state index in [9.17, 15) is 0 Å². The van der Waals surface area contributed by atoms with Gasteiger partial charge in [-0.3, -0.25) is 0 Å². The number of anilines is 1. The summed E-state index contributed by atoms with van der Waals surface area (Å²) in [6, 6.07) is 0.461. The van der Waals surface area contributed by atoms with Crippen LogP contribution in [0.4, 0.5) is 5.82 Å². The van der Waals surface area contributed by atoms with Crippen molar-refractivity contribution in [3.63, 3.8) is 0 Å². The molecule has 4 heteroatoms. The summed E-state index contributed by atoms with van der Waals surface area (Å²) < 4.78 is 0. The normalized spacial score (nSPS) is 28.2. The minimum atomic E-state index is 0.461. The molecular weight excluding hydrogens is 246 g/mol. The Hall–Kier alpha value is -0.830. The smallest absolute Gasteiger partial charge is 0.171 e. The van der Waals surface area contributed by atoms with E-state index in [1.807, 2.05) is 13.8 Å². The van der Waals surface area contributed by atoms with Crippen LogP contribution >= 0.6 is 11.6 Å². The van der Waals surface area contributed by atoms with Crippen LogP contribution in [0.5, 0.6) is 0 Å². The van der Waals surface area contributed by atoms with Crippen molar-refractivity contribution in [1.82, 2.24) is 9.97 Å². The molecule has 3 atom stereocenters. The fraction of sp³-hybridized carbons (Fsp3) is 0.714. The summed E-state index contributed by atoms with van der Waals surface area (Å²) in [7, 11) is 0. The van der Waals surface area contributed by atoms with Crippen molar-refractivity contribution < 1.29 is 0 Å². The van der Waals surface area contributed by atoms with E-state index in [4.69, 9.17) is 11.6 Å². The van der Waals surface area contributed by atoms with Crippen molar-refractivity contribution in [2.24, 2.45) is 11.8 Å². The molecule has 18 heavy (non-hydrogen) atoms. The van der Waals surface area contributed by atoms with Gasteiger partial charge in [0.2, 0.25) is 0 Å². The van der Waals surface area contributed by atoms with Crippen LogP contribution in [0.1, 0.15) is 44.5 Å². The highest BCUT2D eigenvalue weighted by atomic mass is 35.5. The van der Waals surface area contributed by atoms with Gasteiger partial charge < -0.3 is 5.32 Å². The van der Waals surface area contributed by atoms with Crippen LogP contribution in [-0.4, -0.2) is 16.0 Å². The Morgan fingerprint density at radius 1 is 1.11 bits per heavy atom. The Morgan fingerprint density at radius 3 is 2.50 bits per heavy atom. The third-order valence-corrected chi connectivity index (χ3v) is 4.56. The Kier molecular flexibility index (Phi) is 4.10. The zero-order chi connectivity index (χ0) is 13.3. The van der Waals surface area contributed by atoms with Crippen LogP contribution in [0, 0.1) is 25.7 Å². The third-order valence-electron chi connectivity index (χ3n) is 4.29. The van der Waals surface area contributed by atoms with Crippen LogP contribution in [0.2, 0.25) is 5.15 Å². The van der Waals surface area contributed by atoms with Gasteiger partial charge in [0.1, 0.15) is 0 Å². The molecule has 2 rings (SSSR count). The van der Waals surface area contributed by atoms with E-state index >= 15 is 0 Å². The zero-order valence-electron chi connectivity index (χ0n) is 11.6. The Bertz CT molecular complexity index is 433. The van der Waals surface area contributed by atoms with Crippen molar-refractivity contribution in [2.75, 3.05) is 5.32 Å². The molecule has 1 heterocycles. The van der Waals surface area contributed by atoms with Crippen molar-refractivity contribution >= 4 is 17.4 Å². The van der Waals surface area contributed by atoms with E-state index in [-0.39, 0.29) is 0 Å². The number of aryl methyl sites for hydroxylation is 2. The summed E-state index contributed by atoms with van der Waals surface area (Å²) in [5.74, 6) is 2.15. The number of hydrogen-bond donors (Lipinski definition) is 1. The standard InChI is InChI=1S/C14H22ClN3/c1-8-6-5-7-12(9(8)2)18-14-13(15)16-10(3)11(4)17-14/h8-9,12H,5-7H2,1-4H3,(H,17,18). The molecule has 0 radical (unpaired) electrons. The predicted molar refractivity (Wildman–Crippen MR) is 76.1 cm³/mol. The first-order chi connectivity index (χ1) is 8.49. The Labute approximate surface area is 114 Å². The topological polar surface area (TPSA) is 37.8 Å². The molecule has 1 aromatic heterocycles. The minimum Gasteiger partial charge on any atom is -0.364 e. The van der Waals surface area contributed by atoms with E-state index in [1.165, 1.54) is 19.3 Å². The molecule has 0 aromatic carbocycles. The van der Waals surface area contributed by atoms with Crippen LogP contribution in [-0.2, 0) is 0 Å². The first-order valence-electron chi connectivity index (χ1n) is 6.76. The summed E-state index contributed by atoms with van der Waals surface area (Å²) in [5, 5.41) is 3.98. The lowest BCUT2D eigenvalue weighted by atomic mass is 9.78. The van der Waals surface area contributed by atoms with Crippen LogP contribution in [0.3, 0.4) is 0 Å². The van der Waals surface area contributed by atoms with Crippen molar-refractivity contribution in [1.29, 1.82) is 0 Å². The van der Waals surface area contributed by atoms with Gasteiger partial charge in [-0.15, -0.1) is 0 Å². The van der Waals surface area contributed by atoms with Gasteiger partial charge in [-0.25, -0.2) is 9.97 Å². The summed E-state index contributed by atoms with van der Waals surface area (Å²) in [4.78, 5) is 8.84. The monoisotopic (exact) mass is 267 g/mol. The van der Waals surface area contributed by atoms with Gasteiger partial charge in [-0.1, -0.05) is 38.3 Å². The van der Waals surface area contributed by atoms with E-state index in [0.29, 0.717) is 17.1 Å². The van der Waals surface area contributed by atoms with Crippen molar-refractivity contribution in [2.45, 2.75) is 53.0 Å². The summed E-state index contributed by atoms with van der Waals surface area (Å²) in [6.45, 7) is 8.54. The second kappa shape index (κ2) is 5.43. The minimum absolute atomic E-state index is 0.461. The van der Waals surface area contributed by atoms with Gasteiger partial charge in [-0.05, 0) is 32.1 Å². The van der Waals surface area contributed by atoms with Crippen LogP contribution in [0.25, 0.3) is 0 Å². The van der Waals surface area contributed by atoms with E-state index in [2.05, 4.69) is 29.1 Å². The number of hydrogen-bond acceptors (Lipinski definition) is 3. The molecule has 0 saturated heterocycles. The quantitative estimate of drug-likeness (QED) is 0.881. The second-order valence-electron chi connectivity index (χ2n) is 5.55. The molecule has 1 fully saturated rings. The maximum absolute atomic E-state index is 6.17. The van der Waals surface area contributed by atoms with E-state index in [0.717, 1.165) is 23.1 Å². The van der Waals surface area contributed by atoms with E-state index in [1.54, 1.807) is 0 Å². The largest absolute Gasteiger partial charge is 0.364 e. The van der Waals surface area contributed by atoms with Crippen LogP contribution < -0.4 is 5.32 Å². The number of halogens is 1. The van der Waals surface area contributed by atoms with Crippen molar-refractivity contribution in [3.05, 3.63) is 16.5 Å². The first kappa shape index (κ1) is 13.6. The Morgan fingerprint density at radius 2 is 1.78 bits per heavy atom. The average Bonchev–Trinajstić information content (AvgIpc) is 2.32. The molecule has 0 spiro atoms. The maximum atomic E-state index is 6.17. The molecular formula is C14H22ClN3. The second-order valence-corrected chi connectivity index (χ2v) is 5.91. The lowest BCUT2D eigenvalue weighted by Crippen LogP contribution is -2.35. The van der Waals surface area contributed by atoms with Gasteiger partial charge in [-0.2, -0.15) is 0 Å². The molecule has 100 valence electrons. The molecule has 1 N–H and O–H groups in total. The summed E-state index contributed by atoms with van der Waals surface area (Å²) in [6.07, 6.45) is 3.79. The number of aromatic nitrogens is 2. The highest BCUT2D eigenvalue weighted by Crippen LogP contribution is 2.32. The number of rotatable bonds is 2. The molecule has 0 amide bonds. The molecule has 1 saturated carbocycles. The zero-order valence-corrected chi connectivity index (χ0v) is 12.4. The molecule has 1 aromatic rings. The van der Waals surface area contributed by atoms with Gasteiger partial charge in [0.25, 0.3) is 0 Å². The van der Waals surface area contributed by atoms with Crippen LogP contribution in [0.15, 0.2) is 0 Å². The highest BCUT2D eigenvalue weighted by Gasteiger charge is 2.27. The number of nitrogens with zero attached hydrogens (tertiary/aromatic N) is 2.